The molecule has 0 aliphatic heterocycles. The number of likely N-dealkylation sites (N-methyl/N-ethyl adjacent to an activating group) is 1. The summed E-state index contributed by atoms with van der Waals surface area (Å²) in [6, 6.07) is 19.8. The number of nitrogens with one attached hydrogen (secondary N) is 1. The molecule has 0 bridgehead atoms. The number of Topliss-reactive ketones (excluding diaryl/α,β-unsaturated/α-hetero) is 1. The van der Waals surface area contributed by atoms with Crippen LogP contribution in [0.1, 0.15) is 27.5 Å². The van der Waals surface area contributed by atoms with Crippen molar-refractivity contribution in [1.82, 2.24) is 9.88 Å². The Hall–Kier alpha value is -2.69. The number of hydrogen-bond donors (Lipinski definition) is 1. The molecule has 26 heavy (non-hydrogen) atoms. The minimum Gasteiger partial charge on any atom is -0.360 e. The smallest absolute Gasteiger partial charge is 0.186 e. The van der Waals surface area contributed by atoms with Gasteiger partial charge in [-0.25, -0.2) is 0 Å². The van der Waals surface area contributed by atoms with Crippen molar-refractivity contribution >= 4 is 28.0 Å². The van der Waals surface area contributed by atoms with Gasteiger partial charge in [0.2, 0.25) is 0 Å². The van der Waals surface area contributed by atoms with Crippen LogP contribution in [0.4, 0.5) is 0 Å². The topological polar surface area (TPSA) is 36.1 Å². The van der Waals surface area contributed by atoms with Crippen molar-refractivity contribution in [2.24, 2.45) is 0 Å². The van der Waals surface area contributed by atoms with Crippen LogP contribution >= 0.6 is 11.3 Å². The Labute approximate surface area is 156 Å². The monoisotopic (exact) mass is 360 g/mol. The highest BCUT2D eigenvalue weighted by Crippen LogP contribution is 2.29. The maximum Gasteiger partial charge on any atom is 0.186 e. The minimum absolute atomic E-state index is 0.117. The Morgan fingerprint density at radius 2 is 1.85 bits per heavy atom. The molecule has 1 unspecified atom stereocenters. The Kier molecular flexibility index (Phi) is 4.69. The zero-order valence-corrected chi connectivity index (χ0v) is 15.4. The Balaban J connectivity index is 1.73. The number of hydrogen-bond acceptors (Lipinski definition) is 3. The summed E-state index contributed by atoms with van der Waals surface area (Å²) in [5, 5.41) is 5.18. The van der Waals surface area contributed by atoms with Crippen LogP contribution in [-0.4, -0.2) is 22.7 Å². The Bertz CT molecular complexity index is 1010. The van der Waals surface area contributed by atoms with Crippen LogP contribution in [0, 0.1) is 0 Å². The van der Waals surface area contributed by atoms with Crippen LogP contribution in [0.5, 0.6) is 0 Å². The van der Waals surface area contributed by atoms with Crippen molar-refractivity contribution in [3.05, 3.63) is 94.3 Å². The number of ketones is 1. The molecule has 130 valence electrons. The molecule has 1 atom stereocenters. The molecular formula is C22H20N2OS. The van der Waals surface area contributed by atoms with Crippen molar-refractivity contribution in [2.75, 3.05) is 7.05 Å². The lowest BCUT2D eigenvalue weighted by Crippen LogP contribution is -2.30. The highest BCUT2D eigenvalue weighted by Gasteiger charge is 2.28. The van der Waals surface area contributed by atoms with E-state index < -0.39 is 0 Å². The fourth-order valence-corrected chi connectivity index (χ4v) is 4.09. The summed E-state index contributed by atoms with van der Waals surface area (Å²) in [5.74, 6) is 0.117. The maximum atomic E-state index is 13.5. The van der Waals surface area contributed by atoms with Gasteiger partial charge in [0, 0.05) is 29.2 Å². The van der Waals surface area contributed by atoms with Crippen molar-refractivity contribution in [3.8, 4) is 0 Å². The number of thiophene rings is 1. The van der Waals surface area contributed by atoms with Crippen molar-refractivity contribution < 1.29 is 4.79 Å². The average molecular weight is 360 g/mol. The number of aromatic amines is 1. The summed E-state index contributed by atoms with van der Waals surface area (Å²) < 4.78 is 0. The van der Waals surface area contributed by atoms with Crippen LogP contribution in [0.25, 0.3) is 10.9 Å². The van der Waals surface area contributed by atoms with Crippen molar-refractivity contribution in [3.63, 3.8) is 0 Å². The van der Waals surface area contributed by atoms with E-state index in [0.717, 1.165) is 28.6 Å². The average Bonchev–Trinajstić information content (AvgIpc) is 3.32. The van der Waals surface area contributed by atoms with E-state index in [9.17, 15) is 4.79 Å². The molecule has 2 heterocycles. The summed E-state index contributed by atoms with van der Waals surface area (Å²) in [5.41, 5.74) is 3.97. The van der Waals surface area contributed by atoms with Gasteiger partial charge in [-0.2, -0.15) is 11.3 Å². The van der Waals surface area contributed by atoms with Crippen molar-refractivity contribution in [1.29, 1.82) is 0 Å². The Morgan fingerprint density at radius 3 is 2.62 bits per heavy atom. The van der Waals surface area contributed by atoms with E-state index in [1.165, 1.54) is 5.56 Å². The number of benzene rings is 2. The number of H-pyrrole nitrogens is 1. The third-order valence-corrected chi connectivity index (χ3v) is 5.40. The first-order chi connectivity index (χ1) is 12.7. The van der Waals surface area contributed by atoms with Crippen molar-refractivity contribution in [2.45, 2.75) is 12.6 Å². The molecule has 0 spiro atoms. The summed E-state index contributed by atoms with van der Waals surface area (Å²) in [6.45, 7) is 0.733. The molecule has 0 aliphatic rings. The number of nitrogens with zero attached hydrogens (tertiary/aromatic N) is 1. The molecule has 1 N–H and O–H groups in total. The molecule has 4 rings (SSSR count). The van der Waals surface area contributed by atoms with Gasteiger partial charge < -0.3 is 4.98 Å². The maximum absolute atomic E-state index is 13.5. The molecule has 0 aliphatic carbocycles. The number of carbonyl (C=O) groups is 1. The molecule has 0 amide bonds. The highest BCUT2D eigenvalue weighted by molar-refractivity contribution is 7.07. The molecule has 2 aromatic heterocycles. The van der Waals surface area contributed by atoms with Gasteiger partial charge in [-0.1, -0.05) is 48.5 Å². The summed E-state index contributed by atoms with van der Waals surface area (Å²) in [7, 11) is 2.02. The molecular weight excluding hydrogens is 340 g/mol. The van der Waals surface area contributed by atoms with Gasteiger partial charge in [0.15, 0.2) is 5.78 Å². The molecule has 3 nitrogen and oxygen atoms in total. The highest BCUT2D eigenvalue weighted by atomic mass is 32.1. The zero-order valence-electron chi connectivity index (χ0n) is 14.6. The molecule has 0 saturated heterocycles. The van der Waals surface area contributed by atoms with E-state index in [4.69, 9.17) is 0 Å². The van der Waals surface area contributed by atoms with E-state index in [0.29, 0.717) is 0 Å². The largest absolute Gasteiger partial charge is 0.360 e. The van der Waals surface area contributed by atoms with Crippen LogP contribution in [0.2, 0.25) is 0 Å². The number of aromatic nitrogens is 1. The second-order valence-corrected chi connectivity index (χ2v) is 7.25. The summed E-state index contributed by atoms with van der Waals surface area (Å²) in [4.78, 5) is 18.9. The molecule has 0 fully saturated rings. The van der Waals surface area contributed by atoms with E-state index in [1.807, 2.05) is 67.8 Å². The fraction of sp³-hybridized carbons (Fsp3) is 0.136. The number of para-hydroxylation sites is 1. The van der Waals surface area contributed by atoms with E-state index in [-0.39, 0.29) is 11.8 Å². The van der Waals surface area contributed by atoms with Gasteiger partial charge in [-0.3, -0.25) is 9.69 Å². The third kappa shape index (κ3) is 3.21. The van der Waals surface area contributed by atoms with Gasteiger partial charge in [0.05, 0.1) is 6.04 Å². The predicted molar refractivity (Wildman–Crippen MR) is 108 cm³/mol. The van der Waals surface area contributed by atoms with Gasteiger partial charge in [-0.05, 0) is 41.1 Å². The fourth-order valence-electron chi connectivity index (χ4n) is 3.43. The SMILES string of the molecule is CN(Cc1ccsc1)C(C(=O)c1c[nH]c2ccccc12)c1ccccc1. The van der Waals surface area contributed by atoms with Gasteiger partial charge in [-0.15, -0.1) is 0 Å². The predicted octanol–water partition coefficient (Wildman–Crippen LogP) is 5.29. The first-order valence-corrected chi connectivity index (χ1v) is 9.55. The molecule has 0 saturated carbocycles. The summed E-state index contributed by atoms with van der Waals surface area (Å²) >= 11 is 1.68. The molecule has 4 heteroatoms. The first kappa shape index (κ1) is 16.8. The molecule has 0 radical (unpaired) electrons. The van der Waals surface area contributed by atoms with Gasteiger partial charge in [0.1, 0.15) is 0 Å². The van der Waals surface area contributed by atoms with E-state index >= 15 is 0 Å². The summed E-state index contributed by atoms with van der Waals surface area (Å²) in [6.07, 6.45) is 1.83. The van der Waals surface area contributed by atoms with Crippen LogP contribution < -0.4 is 0 Å². The van der Waals surface area contributed by atoms with Crippen LogP contribution in [0.15, 0.2) is 77.6 Å². The molecule has 4 aromatic rings. The second-order valence-electron chi connectivity index (χ2n) is 6.47. The lowest BCUT2D eigenvalue weighted by atomic mass is 9.95. The van der Waals surface area contributed by atoms with E-state index in [2.05, 4.69) is 26.7 Å². The normalized spacial score (nSPS) is 12.5. The third-order valence-electron chi connectivity index (χ3n) is 4.67. The van der Waals surface area contributed by atoms with Crippen LogP contribution in [0.3, 0.4) is 0 Å². The quantitative estimate of drug-likeness (QED) is 0.475. The standard InChI is InChI=1S/C22H20N2OS/c1-24(14-16-11-12-26-15-16)21(17-7-3-2-4-8-17)22(25)19-13-23-20-10-6-5-9-18(19)20/h2-13,15,21,23H,14H2,1H3. The zero-order chi connectivity index (χ0) is 17.9. The minimum atomic E-state index is -0.324. The second kappa shape index (κ2) is 7.28. The lowest BCUT2D eigenvalue weighted by Gasteiger charge is -2.27. The first-order valence-electron chi connectivity index (χ1n) is 8.60. The van der Waals surface area contributed by atoms with Gasteiger partial charge >= 0.3 is 0 Å². The van der Waals surface area contributed by atoms with E-state index in [1.54, 1.807) is 11.3 Å². The van der Waals surface area contributed by atoms with Gasteiger partial charge in [0.25, 0.3) is 0 Å². The van der Waals surface area contributed by atoms with Crippen LogP contribution in [-0.2, 0) is 6.54 Å². The lowest BCUT2D eigenvalue weighted by molar-refractivity contribution is 0.0845. The Morgan fingerprint density at radius 1 is 1.08 bits per heavy atom. The number of fused-ring (bicyclic) bond motifs is 1. The number of rotatable bonds is 6. The number of carbonyl (C=O) groups excluding carboxylic acids is 1. The molecule has 2 aromatic carbocycles.